The maximum absolute atomic E-state index is 13.9. The van der Waals surface area contributed by atoms with E-state index in [0.717, 1.165) is 42.6 Å². The van der Waals surface area contributed by atoms with Crippen LogP contribution in [-0.4, -0.2) is 218 Å². The Morgan fingerprint density at radius 1 is 0.639 bits per heavy atom. The van der Waals surface area contributed by atoms with E-state index in [0.29, 0.717) is 174 Å². The summed E-state index contributed by atoms with van der Waals surface area (Å²) in [5, 5.41) is 9.59. The highest BCUT2D eigenvalue weighted by atomic mass is 32.2. The average molecular weight is 1040 g/mol. The lowest BCUT2D eigenvalue weighted by molar-refractivity contribution is -0.127. The summed E-state index contributed by atoms with van der Waals surface area (Å²) >= 11 is 0. The van der Waals surface area contributed by atoms with Gasteiger partial charge in [-0.3, -0.25) is 9.69 Å². The van der Waals surface area contributed by atoms with Crippen molar-refractivity contribution in [1.29, 1.82) is 0 Å². The molecule has 1 saturated heterocycles. The number of sulfonamides is 1. The summed E-state index contributed by atoms with van der Waals surface area (Å²) in [7, 11) is -1.86. The van der Waals surface area contributed by atoms with Crippen LogP contribution in [0.1, 0.15) is 57.6 Å². The van der Waals surface area contributed by atoms with Crippen LogP contribution in [-0.2, 0) is 68.7 Å². The number of carbonyl (C=O) groups excluding carboxylic acids is 1. The predicted molar refractivity (Wildman–Crippen MR) is 277 cm³/mol. The molecule has 2 heterocycles. The normalized spacial score (nSPS) is 14.3. The van der Waals surface area contributed by atoms with E-state index in [9.17, 15) is 18.3 Å². The molecule has 2 aliphatic rings. The van der Waals surface area contributed by atoms with E-state index in [2.05, 4.69) is 25.7 Å². The van der Waals surface area contributed by atoms with E-state index in [1.165, 1.54) is 4.31 Å². The second kappa shape index (κ2) is 36.5. The Hall–Kier alpha value is -3.45. The number of aliphatic hydroxyl groups excluding tert-OH is 1. The van der Waals surface area contributed by atoms with Crippen molar-refractivity contribution in [3.63, 3.8) is 0 Å². The van der Waals surface area contributed by atoms with Gasteiger partial charge in [-0.2, -0.15) is 4.31 Å². The lowest BCUT2D eigenvalue weighted by Crippen LogP contribution is -2.51. The number of ether oxygens (including phenoxy) is 10. The summed E-state index contributed by atoms with van der Waals surface area (Å²) in [5.41, 5.74) is 10.7. The highest BCUT2D eigenvalue weighted by molar-refractivity contribution is 7.89. The molecule has 0 saturated carbocycles. The number of amides is 1. The minimum Gasteiger partial charge on any atom is -0.396 e. The zero-order valence-electron chi connectivity index (χ0n) is 43.6. The summed E-state index contributed by atoms with van der Waals surface area (Å²) in [6.07, 6.45) is 4.84. The molecule has 0 unspecified atom stereocenters. The third kappa shape index (κ3) is 23.4. The largest absolute Gasteiger partial charge is 0.396 e. The third-order valence-corrected chi connectivity index (χ3v) is 13.2. The van der Waals surface area contributed by atoms with Crippen LogP contribution in [0, 0.1) is 5.92 Å². The van der Waals surface area contributed by atoms with E-state index >= 15 is 0 Å². The lowest BCUT2D eigenvalue weighted by Gasteiger charge is -2.37. The van der Waals surface area contributed by atoms with Gasteiger partial charge in [0.2, 0.25) is 15.9 Å². The van der Waals surface area contributed by atoms with Crippen LogP contribution in [0.2, 0.25) is 0 Å². The van der Waals surface area contributed by atoms with E-state index in [1.54, 1.807) is 12.1 Å². The minimum absolute atomic E-state index is 0.0369. The molecule has 20 heteroatoms. The molecule has 3 N–H and O–H groups in total. The van der Waals surface area contributed by atoms with Gasteiger partial charge in [-0.25, -0.2) is 13.4 Å². The lowest BCUT2D eigenvalue weighted by atomic mass is 9.99. The van der Waals surface area contributed by atoms with Gasteiger partial charge in [0, 0.05) is 76.0 Å². The molecule has 2 aromatic carbocycles. The summed E-state index contributed by atoms with van der Waals surface area (Å²) in [6.45, 7) is 19.2. The van der Waals surface area contributed by atoms with Crippen molar-refractivity contribution >= 4 is 33.5 Å². The predicted octanol–water partition coefficient (Wildman–Crippen LogP) is 4.40. The van der Waals surface area contributed by atoms with Gasteiger partial charge >= 0.3 is 0 Å². The van der Waals surface area contributed by atoms with Gasteiger partial charge in [-0.05, 0) is 73.3 Å². The molecule has 0 bridgehead atoms. The van der Waals surface area contributed by atoms with Gasteiger partial charge in [0.15, 0.2) is 0 Å². The highest BCUT2D eigenvalue weighted by Gasteiger charge is 2.36. The maximum Gasteiger partial charge on any atom is 0.250 e. The first-order valence-electron chi connectivity index (χ1n) is 25.8. The quantitative estimate of drug-likeness (QED) is 0.0882. The van der Waals surface area contributed by atoms with Crippen LogP contribution in [0.4, 0.5) is 5.69 Å². The molecule has 2 aromatic rings. The Morgan fingerprint density at radius 2 is 1.11 bits per heavy atom. The number of hydrogen-bond donors (Lipinski definition) is 2. The molecule has 0 aromatic heterocycles. The summed E-state index contributed by atoms with van der Waals surface area (Å²) in [4.78, 5) is 22.4. The van der Waals surface area contributed by atoms with Crippen LogP contribution in [0.3, 0.4) is 0 Å². The number of amidine groups is 1. The number of likely N-dealkylation sites (N-methyl/N-ethyl adjacent to an activating group) is 1. The fourth-order valence-electron chi connectivity index (χ4n) is 7.65. The zero-order valence-corrected chi connectivity index (χ0v) is 44.4. The maximum atomic E-state index is 13.9. The van der Waals surface area contributed by atoms with E-state index in [-0.39, 0.29) is 42.8 Å². The van der Waals surface area contributed by atoms with E-state index in [4.69, 9.17) is 58.1 Å². The van der Waals surface area contributed by atoms with Crippen molar-refractivity contribution in [2.75, 3.05) is 179 Å². The number of rotatable bonds is 43. The standard InChI is InChI=1S/C52H85N5O14S/c1-5-10-56(11-6-2)52(59)48-35-46-9-8-45(37-50(46)54-51(53)38-48)47-33-43(34-49(36-47)72(60,61)57-40-44(41-57)42-58)39-55(4)12-14-63-16-18-65-20-22-67-24-26-69-28-30-71-32-31-70-29-27-68-25-23-66-21-19-64-17-15-62-13-7-3/h8-9,33-37,44,58H,5-7,10-32,38-42H2,1-4H3,(H2,53,54). The Balaban J connectivity index is 1.08. The summed E-state index contributed by atoms with van der Waals surface area (Å²) in [5.74, 6) is 0.227. The van der Waals surface area contributed by atoms with Crippen LogP contribution in [0.25, 0.3) is 17.2 Å². The van der Waals surface area contributed by atoms with Crippen LogP contribution < -0.4 is 5.73 Å². The number of benzene rings is 2. The van der Waals surface area contributed by atoms with Gasteiger partial charge < -0.3 is 63.1 Å². The number of fused-ring (bicyclic) bond motifs is 1. The first kappa shape index (κ1) is 61.1. The van der Waals surface area contributed by atoms with Crippen molar-refractivity contribution in [1.82, 2.24) is 14.1 Å². The summed E-state index contributed by atoms with van der Waals surface area (Å²) in [6, 6.07) is 11.1. The Morgan fingerprint density at radius 3 is 1.57 bits per heavy atom. The van der Waals surface area contributed by atoms with E-state index in [1.807, 2.05) is 42.3 Å². The molecule has 4 rings (SSSR count). The molecular weight excluding hydrogens is 951 g/mol. The smallest absolute Gasteiger partial charge is 0.250 e. The first-order valence-corrected chi connectivity index (χ1v) is 27.2. The van der Waals surface area contributed by atoms with Gasteiger partial charge in [0.05, 0.1) is 136 Å². The SMILES string of the molecule is CCCOCCOCCOCCOCCOCCOCCOCCOCCOCCOCCN(C)Cc1cc(-c2ccc3c(c2)N=C(N)CC(C(=O)N(CCC)CCC)=C3)cc(S(=O)(=O)N2CC(CO)C2)c1. The minimum atomic E-state index is -3.82. The first-order chi connectivity index (χ1) is 35.1. The second-order valence-electron chi connectivity index (χ2n) is 17.6. The molecule has 0 radical (unpaired) electrons. The number of aliphatic hydroxyl groups is 1. The van der Waals surface area contributed by atoms with Crippen molar-refractivity contribution in [2.45, 2.75) is 57.9 Å². The van der Waals surface area contributed by atoms with E-state index < -0.39 is 10.0 Å². The molecule has 19 nitrogen and oxygen atoms in total. The number of carbonyl (C=O) groups is 1. The monoisotopic (exact) mass is 1040 g/mol. The van der Waals surface area contributed by atoms with Crippen molar-refractivity contribution < 1.29 is 65.7 Å². The van der Waals surface area contributed by atoms with Crippen molar-refractivity contribution in [3.8, 4) is 11.1 Å². The van der Waals surface area contributed by atoms with Crippen molar-refractivity contribution in [3.05, 3.63) is 53.1 Å². The van der Waals surface area contributed by atoms with Gasteiger partial charge in [0.25, 0.3) is 0 Å². The fraction of sp³-hybridized carbons (Fsp3) is 0.692. The molecule has 1 amide bonds. The average Bonchev–Trinajstić information content (AvgIpc) is 3.52. The third-order valence-electron chi connectivity index (χ3n) is 11.4. The summed E-state index contributed by atoms with van der Waals surface area (Å²) < 4.78 is 84.6. The molecular formula is C52H85N5O14S. The molecule has 408 valence electrons. The Bertz CT molecular complexity index is 1980. The molecule has 1 fully saturated rings. The second-order valence-corrected chi connectivity index (χ2v) is 19.6. The highest BCUT2D eigenvalue weighted by Crippen LogP contribution is 2.35. The van der Waals surface area contributed by atoms with Gasteiger partial charge in [-0.15, -0.1) is 0 Å². The number of aliphatic imine (C=N–C) groups is 1. The molecule has 0 aliphatic carbocycles. The van der Waals surface area contributed by atoms with Gasteiger partial charge in [-0.1, -0.05) is 32.9 Å². The van der Waals surface area contributed by atoms with Gasteiger partial charge in [0.1, 0.15) is 5.84 Å². The molecule has 0 spiro atoms. The zero-order chi connectivity index (χ0) is 51.7. The Kier molecular flexibility index (Phi) is 31.0. The number of nitrogens with two attached hydrogens (primary N) is 1. The number of hydrogen-bond acceptors (Lipinski definition) is 17. The van der Waals surface area contributed by atoms with Crippen molar-refractivity contribution in [2.24, 2.45) is 16.6 Å². The fourth-order valence-corrected chi connectivity index (χ4v) is 9.34. The molecule has 72 heavy (non-hydrogen) atoms. The van der Waals surface area contributed by atoms with Crippen LogP contribution in [0.15, 0.2) is 51.9 Å². The van der Waals surface area contributed by atoms with Crippen LogP contribution >= 0.6 is 0 Å². The van der Waals surface area contributed by atoms with Crippen LogP contribution in [0.5, 0.6) is 0 Å². The molecule has 0 atom stereocenters. The number of nitrogens with zero attached hydrogens (tertiary/aromatic N) is 4. The molecule has 2 aliphatic heterocycles. The topological polar surface area (TPSA) is 212 Å². The Labute approximate surface area is 429 Å².